The van der Waals surface area contributed by atoms with Gasteiger partial charge in [-0.25, -0.2) is 0 Å². The van der Waals surface area contributed by atoms with Crippen molar-refractivity contribution in [2.24, 2.45) is 5.92 Å². The number of hydrogen-bond donors (Lipinski definition) is 0. The van der Waals surface area contributed by atoms with Gasteiger partial charge in [0.2, 0.25) is 0 Å². The molecule has 2 aliphatic carbocycles. The summed E-state index contributed by atoms with van der Waals surface area (Å²) in [5.41, 5.74) is 8.59. The van der Waals surface area contributed by atoms with Crippen LogP contribution in [0.15, 0.2) is 48.5 Å². The number of rotatable bonds is 3. The van der Waals surface area contributed by atoms with E-state index >= 15 is 0 Å². The Hall–Kier alpha value is -2.54. The van der Waals surface area contributed by atoms with Gasteiger partial charge >= 0.3 is 0 Å². The lowest BCUT2D eigenvalue weighted by molar-refractivity contribution is 0.362. The van der Waals surface area contributed by atoms with E-state index < -0.39 is 0 Å². The molecule has 0 unspecified atom stereocenters. The molecule has 3 aromatic carbocycles. The molecule has 1 nitrogen and oxygen atoms in total. The number of benzene rings is 3. The van der Waals surface area contributed by atoms with Crippen LogP contribution in [0.25, 0.3) is 28.0 Å². The molecule has 0 N–H and O–H groups in total. The number of aryl methyl sites for hydroxylation is 1. The molecule has 0 bridgehead atoms. The maximum absolute atomic E-state index is 6.07. The summed E-state index contributed by atoms with van der Waals surface area (Å²) in [5.74, 6) is 2.07. The van der Waals surface area contributed by atoms with Crippen molar-refractivity contribution in [1.29, 1.82) is 0 Å². The molecule has 1 aliphatic heterocycles. The van der Waals surface area contributed by atoms with Crippen molar-refractivity contribution in [1.82, 2.24) is 0 Å². The van der Waals surface area contributed by atoms with Gasteiger partial charge in [-0.05, 0) is 64.5 Å². The zero-order valence-electron chi connectivity index (χ0n) is 14.9. The van der Waals surface area contributed by atoms with Crippen LogP contribution in [0.1, 0.15) is 41.5 Å². The van der Waals surface area contributed by atoms with Crippen LogP contribution in [0, 0.1) is 5.92 Å². The highest BCUT2D eigenvalue weighted by Gasteiger charge is 2.28. The molecule has 0 spiro atoms. The summed E-state index contributed by atoms with van der Waals surface area (Å²) in [6, 6.07) is 15.9. The summed E-state index contributed by atoms with van der Waals surface area (Å²) in [7, 11) is 0. The average Bonchev–Trinajstić information content (AvgIpc) is 3.45. The minimum atomic E-state index is 0.675. The van der Waals surface area contributed by atoms with Crippen LogP contribution in [-0.4, -0.2) is 6.61 Å². The number of hydrogen-bond acceptors (Lipinski definition) is 1. The zero-order valence-corrected chi connectivity index (χ0v) is 14.9. The van der Waals surface area contributed by atoms with Crippen LogP contribution in [0.3, 0.4) is 0 Å². The molecule has 0 aromatic heterocycles. The Morgan fingerprint density at radius 2 is 1.88 bits per heavy atom. The average molecular weight is 338 g/mol. The van der Waals surface area contributed by atoms with E-state index in [2.05, 4.69) is 54.6 Å². The SMILES string of the molecule is C1=Cc2c3c(c4ccccc4c2OC1)-c1ccc(CCC2CC2)cc1C3. The van der Waals surface area contributed by atoms with E-state index in [0.717, 1.165) is 18.1 Å². The fraction of sp³-hybridized carbons (Fsp3) is 0.280. The van der Waals surface area contributed by atoms with Crippen molar-refractivity contribution < 1.29 is 4.74 Å². The van der Waals surface area contributed by atoms with Crippen LogP contribution >= 0.6 is 0 Å². The summed E-state index contributed by atoms with van der Waals surface area (Å²) >= 11 is 0. The van der Waals surface area contributed by atoms with Crippen LogP contribution in [0.5, 0.6) is 5.75 Å². The standard InChI is InChI=1S/C25H22O/c1-2-5-21-20(4-1)24-19-12-11-17(10-9-16-7-8-16)14-18(19)15-23(24)22-6-3-13-26-25(21)22/h1-6,11-12,14,16H,7-10,13,15H2. The van der Waals surface area contributed by atoms with Crippen molar-refractivity contribution in [2.45, 2.75) is 32.1 Å². The van der Waals surface area contributed by atoms with E-state index in [0.29, 0.717) is 6.61 Å². The van der Waals surface area contributed by atoms with Gasteiger partial charge in [-0.3, -0.25) is 0 Å². The quantitative estimate of drug-likeness (QED) is 0.435. The summed E-state index contributed by atoms with van der Waals surface area (Å²) in [4.78, 5) is 0. The van der Waals surface area contributed by atoms with Gasteiger partial charge in [0.25, 0.3) is 0 Å². The Labute approximate surface area is 154 Å². The molecular weight excluding hydrogens is 316 g/mol. The number of ether oxygens (including phenoxy) is 1. The van der Waals surface area contributed by atoms with Crippen molar-refractivity contribution in [2.75, 3.05) is 6.61 Å². The van der Waals surface area contributed by atoms with Crippen LogP contribution in [-0.2, 0) is 12.8 Å². The molecule has 1 heterocycles. The van der Waals surface area contributed by atoms with E-state index in [4.69, 9.17) is 4.74 Å². The smallest absolute Gasteiger partial charge is 0.135 e. The first-order valence-corrected chi connectivity index (χ1v) is 9.87. The molecule has 3 aromatic rings. The lowest BCUT2D eigenvalue weighted by atomic mass is 9.92. The van der Waals surface area contributed by atoms with E-state index in [1.165, 1.54) is 69.8 Å². The highest BCUT2D eigenvalue weighted by molar-refractivity contribution is 6.07. The van der Waals surface area contributed by atoms with Crippen molar-refractivity contribution in [3.8, 4) is 16.9 Å². The fourth-order valence-electron chi connectivity index (χ4n) is 4.76. The Bertz CT molecular complexity index is 1070. The van der Waals surface area contributed by atoms with Gasteiger partial charge < -0.3 is 4.74 Å². The first kappa shape index (κ1) is 14.6. The third-order valence-electron chi connectivity index (χ3n) is 6.27. The van der Waals surface area contributed by atoms with E-state index in [1.807, 2.05) is 0 Å². The molecule has 26 heavy (non-hydrogen) atoms. The summed E-state index contributed by atoms with van der Waals surface area (Å²) in [5, 5.41) is 2.58. The third kappa shape index (κ3) is 2.16. The lowest BCUT2D eigenvalue weighted by Gasteiger charge is -2.19. The molecule has 0 radical (unpaired) electrons. The molecule has 3 aliphatic rings. The van der Waals surface area contributed by atoms with E-state index in [9.17, 15) is 0 Å². The molecular formula is C25H22O. The highest BCUT2D eigenvalue weighted by atomic mass is 16.5. The van der Waals surface area contributed by atoms with Gasteiger partial charge in [0.1, 0.15) is 12.4 Å². The molecule has 0 amide bonds. The molecule has 1 saturated carbocycles. The minimum absolute atomic E-state index is 0.675. The molecule has 6 rings (SSSR count). The first-order chi connectivity index (χ1) is 12.9. The second kappa shape index (κ2) is 5.48. The molecule has 0 saturated heterocycles. The topological polar surface area (TPSA) is 9.23 Å². The monoisotopic (exact) mass is 338 g/mol. The van der Waals surface area contributed by atoms with Crippen LogP contribution in [0.2, 0.25) is 0 Å². The normalized spacial score (nSPS) is 16.9. The molecule has 1 heteroatoms. The Kier molecular flexibility index (Phi) is 3.08. The minimum Gasteiger partial charge on any atom is -0.488 e. The van der Waals surface area contributed by atoms with Crippen LogP contribution < -0.4 is 4.74 Å². The van der Waals surface area contributed by atoms with Crippen molar-refractivity contribution in [3.63, 3.8) is 0 Å². The molecule has 0 atom stereocenters. The Balaban J connectivity index is 1.53. The summed E-state index contributed by atoms with van der Waals surface area (Å²) in [6.45, 7) is 0.675. The third-order valence-corrected chi connectivity index (χ3v) is 6.27. The second-order valence-electron chi connectivity index (χ2n) is 8.01. The first-order valence-electron chi connectivity index (χ1n) is 9.87. The largest absolute Gasteiger partial charge is 0.488 e. The van der Waals surface area contributed by atoms with E-state index in [1.54, 1.807) is 0 Å². The zero-order chi connectivity index (χ0) is 17.1. The van der Waals surface area contributed by atoms with Gasteiger partial charge in [-0.1, -0.05) is 61.4 Å². The second-order valence-corrected chi connectivity index (χ2v) is 8.01. The molecule has 128 valence electrons. The van der Waals surface area contributed by atoms with Crippen LogP contribution in [0.4, 0.5) is 0 Å². The Morgan fingerprint density at radius 3 is 2.77 bits per heavy atom. The van der Waals surface area contributed by atoms with Crippen molar-refractivity contribution >= 4 is 16.8 Å². The Morgan fingerprint density at radius 1 is 1.00 bits per heavy atom. The van der Waals surface area contributed by atoms with Crippen molar-refractivity contribution in [3.05, 3.63) is 70.8 Å². The van der Waals surface area contributed by atoms with E-state index in [-0.39, 0.29) is 0 Å². The lowest BCUT2D eigenvalue weighted by Crippen LogP contribution is -2.04. The maximum Gasteiger partial charge on any atom is 0.135 e. The highest BCUT2D eigenvalue weighted by Crippen LogP contribution is 2.49. The predicted octanol–water partition coefficient (Wildman–Crippen LogP) is 6.16. The van der Waals surface area contributed by atoms with Gasteiger partial charge in [0.15, 0.2) is 0 Å². The maximum atomic E-state index is 6.07. The fourth-order valence-corrected chi connectivity index (χ4v) is 4.76. The predicted molar refractivity (Wildman–Crippen MR) is 108 cm³/mol. The number of fused-ring (bicyclic) bond motifs is 8. The van der Waals surface area contributed by atoms with Gasteiger partial charge in [0, 0.05) is 10.9 Å². The van der Waals surface area contributed by atoms with Gasteiger partial charge in [0.05, 0.1) is 0 Å². The summed E-state index contributed by atoms with van der Waals surface area (Å²) in [6.07, 6.45) is 10.9. The van der Waals surface area contributed by atoms with Gasteiger partial charge in [-0.2, -0.15) is 0 Å². The summed E-state index contributed by atoms with van der Waals surface area (Å²) < 4.78 is 6.07. The van der Waals surface area contributed by atoms with Gasteiger partial charge in [-0.15, -0.1) is 0 Å². The molecule has 1 fully saturated rings.